The van der Waals surface area contributed by atoms with Crippen LogP contribution in [-0.4, -0.2) is 64.2 Å². The van der Waals surface area contributed by atoms with Crippen molar-refractivity contribution < 1.29 is 18.9 Å². The second kappa shape index (κ2) is 9.70. The zero-order valence-corrected chi connectivity index (χ0v) is 12.5. The van der Waals surface area contributed by atoms with Crippen molar-refractivity contribution in [2.24, 2.45) is 0 Å². The molecule has 2 fully saturated rings. The molecule has 2 N–H and O–H groups in total. The second-order valence-electron chi connectivity index (χ2n) is 5.17. The Hall–Kier alpha value is -1.26. The summed E-state index contributed by atoms with van der Waals surface area (Å²) < 4.78 is 22.5. The van der Waals surface area contributed by atoms with Crippen LogP contribution >= 0.6 is 0 Å². The van der Waals surface area contributed by atoms with Gasteiger partial charge in [-0.15, -0.1) is 0 Å². The molecule has 2 saturated heterocycles. The van der Waals surface area contributed by atoms with Crippen molar-refractivity contribution in [3.63, 3.8) is 0 Å². The first-order chi connectivity index (χ1) is 10.8. The smallest absolute Gasteiger partial charge is 0.209 e. The minimum atomic E-state index is -0.516. The highest BCUT2D eigenvalue weighted by Crippen LogP contribution is 2.20. The fraction of sp³-hybridized carbons (Fsp3) is 0.857. The van der Waals surface area contributed by atoms with Gasteiger partial charge in [0.15, 0.2) is 0 Å². The van der Waals surface area contributed by atoms with Crippen molar-refractivity contribution in [3.05, 3.63) is 0 Å². The largest absolute Gasteiger partial charge is 0.346 e. The third-order valence-corrected chi connectivity index (χ3v) is 3.37. The Morgan fingerprint density at radius 3 is 2.32 bits per heavy atom. The SMILES string of the molecule is N#CCCNCC1COC(C2OCC(NCCC#N)CO2)O1. The van der Waals surface area contributed by atoms with Gasteiger partial charge in [0.1, 0.15) is 0 Å². The fourth-order valence-corrected chi connectivity index (χ4v) is 2.25. The molecule has 2 unspecified atom stereocenters. The highest BCUT2D eigenvalue weighted by atomic mass is 16.8. The predicted molar refractivity (Wildman–Crippen MR) is 75.4 cm³/mol. The lowest BCUT2D eigenvalue weighted by atomic mass is 10.3. The maximum atomic E-state index is 8.49. The molecule has 0 spiro atoms. The first kappa shape index (κ1) is 17.1. The van der Waals surface area contributed by atoms with Gasteiger partial charge in [0.05, 0.1) is 44.1 Å². The van der Waals surface area contributed by atoms with Gasteiger partial charge in [-0.25, -0.2) is 0 Å². The van der Waals surface area contributed by atoms with Crippen LogP contribution in [0.5, 0.6) is 0 Å². The van der Waals surface area contributed by atoms with Gasteiger partial charge in [-0.3, -0.25) is 0 Å². The molecule has 0 aromatic rings. The van der Waals surface area contributed by atoms with E-state index in [1.54, 1.807) is 0 Å². The number of nitrogens with one attached hydrogen (secondary N) is 2. The highest BCUT2D eigenvalue weighted by molar-refractivity contribution is 4.78. The molecule has 0 aromatic heterocycles. The first-order valence-electron chi connectivity index (χ1n) is 7.51. The fourth-order valence-electron chi connectivity index (χ4n) is 2.25. The standard InChI is InChI=1S/C14H22N4O4/c15-3-1-5-17-7-12-10-21-14(22-12)13-19-8-11(9-20-13)18-6-2-4-16/h11-14,17-18H,1-2,5-10H2. The third kappa shape index (κ3) is 5.50. The molecule has 2 aliphatic heterocycles. The van der Waals surface area contributed by atoms with Crippen LogP contribution in [0.15, 0.2) is 0 Å². The van der Waals surface area contributed by atoms with E-state index in [-0.39, 0.29) is 12.1 Å². The maximum absolute atomic E-state index is 8.49. The Balaban J connectivity index is 1.59. The average Bonchev–Trinajstić information content (AvgIpc) is 3.01. The molecule has 0 amide bonds. The van der Waals surface area contributed by atoms with Crippen LogP contribution in [0.25, 0.3) is 0 Å². The minimum absolute atomic E-state index is 0.0534. The lowest BCUT2D eigenvalue weighted by Crippen LogP contribution is -2.48. The normalized spacial score (nSPS) is 31.5. The topological polar surface area (TPSA) is 109 Å². The molecule has 2 heterocycles. The Morgan fingerprint density at radius 1 is 0.909 bits per heavy atom. The predicted octanol–water partition coefficient (Wildman–Crippen LogP) is -0.524. The molecular formula is C14H22N4O4. The van der Waals surface area contributed by atoms with E-state index in [1.165, 1.54) is 0 Å². The van der Waals surface area contributed by atoms with E-state index in [0.29, 0.717) is 52.3 Å². The number of hydrogen-bond donors (Lipinski definition) is 2. The molecule has 0 radical (unpaired) electrons. The molecule has 0 aromatic carbocycles. The lowest BCUT2D eigenvalue weighted by molar-refractivity contribution is -0.279. The van der Waals surface area contributed by atoms with Crippen molar-refractivity contribution in [2.75, 3.05) is 39.5 Å². The van der Waals surface area contributed by atoms with Crippen molar-refractivity contribution >= 4 is 0 Å². The lowest BCUT2D eigenvalue weighted by Gasteiger charge is -2.32. The van der Waals surface area contributed by atoms with Gasteiger partial charge in [-0.2, -0.15) is 10.5 Å². The van der Waals surface area contributed by atoms with E-state index in [1.807, 2.05) is 0 Å². The van der Waals surface area contributed by atoms with Gasteiger partial charge in [0.2, 0.25) is 12.6 Å². The molecule has 122 valence electrons. The van der Waals surface area contributed by atoms with E-state index >= 15 is 0 Å². The van der Waals surface area contributed by atoms with Gasteiger partial charge in [-0.1, -0.05) is 0 Å². The average molecular weight is 310 g/mol. The number of nitriles is 2. The summed E-state index contributed by atoms with van der Waals surface area (Å²) in [6.07, 6.45) is -0.135. The van der Waals surface area contributed by atoms with Crippen LogP contribution in [-0.2, 0) is 18.9 Å². The van der Waals surface area contributed by atoms with E-state index in [9.17, 15) is 0 Å². The first-order valence-corrected chi connectivity index (χ1v) is 7.51. The molecule has 0 saturated carbocycles. The number of nitrogens with zero attached hydrogens (tertiary/aromatic N) is 2. The van der Waals surface area contributed by atoms with Crippen LogP contribution in [0.3, 0.4) is 0 Å². The van der Waals surface area contributed by atoms with Crippen molar-refractivity contribution in [3.8, 4) is 12.1 Å². The van der Waals surface area contributed by atoms with Crippen LogP contribution in [0, 0.1) is 22.7 Å². The summed E-state index contributed by atoms with van der Waals surface area (Å²) >= 11 is 0. The van der Waals surface area contributed by atoms with E-state index in [0.717, 1.165) is 0 Å². The summed E-state index contributed by atoms with van der Waals surface area (Å²) in [6.45, 7) is 3.41. The van der Waals surface area contributed by atoms with Gasteiger partial charge in [-0.05, 0) is 0 Å². The van der Waals surface area contributed by atoms with Crippen LogP contribution in [0.1, 0.15) is 12.8 Å². The molecule has 22 heavy (non-hydrogen) atoms. The summed E-state index contributed by atoms with van der Waals surface area (Å²) in [7, 11) is 0. The van der Waals surface area contributed by atoms with E-state index in [2.05, 4.69) is 22.8 Å². The molecule has 0 aliphatic carbocycles. The van der Waals surface area contributed by atoms with Crippen molar-refractivity contribution in [1.29, 1.82) is 10.5 Å². The van der Waals surface area contributed by atoms with Gasteiger partial charge >= 0.3 is 0 Å². The summed E-state index contributed by atoms with van der Waals surface area (Å²) in [6, 6.07) is 4.25. The molecule has 8 nitrogen and oxygen atoms in total. The van der Waals surface area contributed by atoms with Gasteiger partial charge < -0.3 is 29.6 Å². The maximum Gasteiger partial charge on any atom is 0.209 e. The molecule has 8 heteroatoms. The molecule has 2 atom stereocenters. The van der Waals surface area contributed by atoms with Crippen LogP contribution in [0.4, 0.5) is 0 Å². The Bertz CT molecular complexity index is 401. The summed E-state index contributed by atoms with van der Waals surface area (Å²) in [5.41, 5.74) is 0. The van der Waals surface area contributed by atoms with E-state index < -0.39 is 12.6 Å². The summed E-state index contributed by atoms with van der Waals surface area (Å²) in [5, 5.41) is 23.3. The van der Waals surface area contributed by atoms with Crippen LogP contribution < -0.4 is 10.6 Å². The molecule has 0 bridgehead atoms. The quantitative estimate of drug-likeness (QED) is 0.576. The zero-order valence-electron chi connectivity index (χ0n) is 12.5. The Labute approximate surface area is 130 Å². The Morgan fingerprint density at radius 2 is 1.59 bits per heavy atom. The third-order valence-electron chi connectivity index (χ3n) is 3.37. The van der Waals surface area contributed by atoms with Crippen LogP contribution in [0.2, 0.25) is 0 Å². The van der Waals surface area contributed by atoms with Crippen molar-refractivity contribution in [1.82, 2.24) is 10.6 Å². The van der Waals surface area contributed by atoms with Gasteiger partial charge in [0, 0.05) is 32.5 Å². The molecular weight excluding hydrogens is 288 g/mol. The van der Waals surface area contributed by atoms with Gasteiger partial charge in [0.25, 0.3) is 0 Å². The summed E-state index contributed by atoms with van der Waals surface area (Å²) in [4.78, 5) is 0. The number of ether oxygens (including phenoxy) is 4. The number of hydrogen-bond acceptors (Lipinski definition) is 8. The molecule has 2 rings (SSSR count). The summed E-state index contributed by atoms with van der Waals surface area (Å²) in [5.74, 6) is 0. The monoisotopic (exact) mass is 310 g/mol. The van der Waals surface area contributed by atoms with Crippen molar-refractivity contribution in [2.45, 2.75) is 37.6 Å². The minimum Gasteiger partial charge on any atom is -0.346 e. The number of rotatable bonds is 8. The molecule has 2 aliphatic rings. The Kier molecular flexibility index (Phi) is 7.54. The van der Waals surface area contributed by atoms with E-state index in [4.69, 9.17) is 29.5 Å². The second-order valence-corrected chi connectivity index (χ2v) is 5.17. The zero-order chi connectivity index (χ0) is 15.6. The highest BCUT2D eigenvalue weighted by Gasteiger charge is 2.36.